The average Bonchev–Trinajstić information content (AvgIpc) is 3.55. The van der Waals surface area contributed by atoms with E-state index in [0.29, 0.717) is 23.6 Å². The average molecular weight is 540 g/mol. The molecule has 40 heavy (non-hydrogen) atoms. The fourth-order valence-corrected chi connectivity index (χ4v) is 5.77. The van der Waals surface area contributed by atoms with E-state index in [1.54, 1.807) is 12.1 Å². The number of benzene rings is 1. The quantitative estimate of drug-likeness (QED) is 0.214. The van der Waals surface area contributed by atoms with Crippen LogP contribution in [-0.2, 0) is 16.6 Å². The van der Waals surface area contributed by atoms with Crippen LogP contribution in [0, 0.1) is 12.8 Å². The van der Waals surface area contributed by atoms with Gasteiger partial charge in [-0.25, -0.2) is 9.97 Å². The highest BCUT2D eigenvalue weighted by Gasteiger charge is 2.31. The molecule has 1 fully saturated rings. The minimum Gasteiger partial charge on any atom is -0.383 e. The third-order valence-electron chi connectivity index (χ3n) is 7.95. The van der Waals surface area contributed by atoms with E-state index in [1.807, 2.05) is 29.5 Å². The number of nitrogen functional groups attached to an aromatic ring is 1. The second-order valence-corrected chi connectivity index (χ2v) is 10.7. The predicted molar refractivity (Wildman–Crippen MR) is 155 cm³/mol. The summed E-state index contributed by atoms with van der Waals surface area (Å²) in [6.07, 6.45) is 7.91. The summed E-state index contributed by atoms with van der Waals surface area (Å²) in [6.45, 7) is 6.98. The van der Waals surface area contributed by atoms with Crippen LogP contribution in [0.5, 0.6) is 0 Å². The van der Waals surface area contributed by atoms with Crippen LogP contribution in [0.3, 0.4) is 0 Å². The lowest BCUT2D eigenvalue weighted by molar-refractivity contribution is -0.134. The van der Waals surface area contributed by atoms with Crippen LogP contribution in [0.1, 0.15) is 43.2 Å². The molecule has 3 aromatic rings. The van der Waals surface area contributed by atoms with Gasteiger partial charge in [-0.2, -0.15) is 0 Å². The minimum atomic E-state index is -2.82. The van der Waals surface area contributed by atoms with E-state index in [2.05, 4.69) is 27.9 Å². The Bertz CT molecular complexity index is 1550. The number of aryl methyl sites for hydroxylation is 2. The van der Waals surface area contributed by atoms with Crippen molar-refractivity contribution in [2.24, 2.45) is 13.0 Å². The first-order valence-corrected chi connectivity index (χ1v) is 13.4. The Labute approximate surface area is 234 Å². The largest absolute Gasteiger partial charge is 0.383 e. The van der Waals surface area contributed by atoms with Crippen molar-refractivity contribution in [1.29, 1.82) is 0 Å². The van der Waals surface area contributed by atoms with Gasteiger partial charge >= 0.3 is 0 Å². The number of nitrogens with zero attached hydrogens (tertiary/aromatic N) is 4. The summed E-state index contributed by atoms with van der Waals surface area (Å²) in [5.74, 6) is -0.188. The standard InChI is InChI=1S/C29H33BN6O4/c1-16-14-20(34-27(37)17(2)29(30,39)40)10-11-21(16)24-22(23-25(31)32-15-33-26(23)35(24)3)18-6-8-19(9-7-18)28(38)36-12-4-5-13-36/h6,10-11,14-15,19,39-40H,2,4-5,7-9,12-13H2,1,3H3,(H,34,37)(H2,31,32,33). The van der Waals surface area contributed by atoms with Crippen molar-refractivity contribution in [3.63, 3.8) is 0 Å². The molecule has 1 unspecified atom stereocenters. The molecule has 10 nitrogen and oxygen atoms in total. The highest BCUT2D eigenvalue weighted by Crippen LogP contribution is 2.44. The first-order chi connectivity index (χ1) is 19.0. The summed E-state index contributed by atoms with van der Waals surface area (Å²) >= 11 is 0. The van der Waals surface area contributed by atoms with Crippen molar-refractivity contribution < 1.29 is 19.8 Å². The van der Waals surface area contributed by atoms with Gasteiger partial charge in [0.25, 0.3) is 5.91 Å². The monoisotopic (exact) mass is 540 g/mol. The number of aliphatic hydroxyl groups is 2. The maximum atomic E-state index is 13.0. The van der Waals surface area contributed by atoms with Crippen molar-refractivity contribution >= 4 is 47.8 Å². The molecule has 1 saturated heterocycles. The zero-order valence-electron chi connectivity index (χ0n) is 22.8. The Morgan fingerprint density at radius 3 is 2.58 bits per heavy atom. The lowest BCUT2D eigenvalue weighted by Gasteiger charge is -2.26. The van der Waals surface area contributed by atoms with Crippen LogP contribution in [0.4, 0.5) is 11.5 Å². The molecular weight excluding hydrogens is 507 g/mol. The number of allylic oxidation sites excluding steroid dienone is 2. The molecule has 0 spiro atoms. The minimum absolute atomic E-state index is 0.0154. The van der Waals surface area contributed by atoms with Gasteiger partial charge in [-0.05, 0) is 62.3 Å². The molecule has 2 aromatic heterocycles. The molecule has 2 amide bonds. The summed E-state index contributed by atoms with van der Waals surface area (Å²) in [5, 5.41) is 22.3. The Hall–Kier alpha value is -3.96. The first-order valence-electron chi connectivity index (χ1n) is 13.4. The molecule has 206 valence electrons. The van der Waals surface area contributed by atoms with Crippen LogP contribution in [0.25, 0.3) is 27.9 Å². The number of carbonyl (C=O) groups excluding carboxylic acids is 2. The number of amides is 2. The number of hydrogen-bond donors (Lipinski definition) is 4. The molecular formula is C29H33BN6O4. The van der Waals surface area contributed by atoms with Crippen LogP contribution in [0.2, 0.25) is 0 Å². The molecule has 2 radical (unpaired) electrons. The fraction of sp³-hybridized carbons (Fsp3) is 0.379. The summed E-state index contributed by atoms with van der Waals surface area (Å²) in [4.78, 5) is 36.2. The van der Waals surface area contributed by atoms with E-state index < -0.39 is 17.2 Å². The molecule has 1 aliphatic heterocycles. The Morgan fingerprint density at radius 1 is 1.23 bits per heavy atom. The molecule has 1 aromatic carbocycles. The molecule has 5 N–H and O–H groups in total. The number of hydrogen-bond acceptors (Lipinski definition) is 7. The molecule has 2 aliphatic rings. The number of nitrogens with two attached hydrogens (primary N) is 1. The number of fused-ring (bicyclic) bond motifs is 1. The maximum Gasteiger partial charge on any atom is 0.255 e. The van der Waals surface area contributed by atoms with Crippen LogP contribution >= 0.6 is 0 Å². The van der Waals surface area contributed by atoms with E-state index in [-0.39, 0.29) is 11.8 Å². The zero-order chi connectivity index (χ0) is 28.8. The van der Waals surface area contributed by atoms with Crippen LogP contribution in [-0.4, -0.2) is 68.1 Å². The smallest absolute Gasteiger partial charge is 0.255 e. The van der Waals surface area contributed by atoms with E-state index in [0.717, 1.165) is 72.1 Å². The molecule has 1 atom stereocenters. The second kappa shape index (κ2) is 10.6. The van der Waals surface area contributed by atoms with Crippen LogP contribution in [0.15, 0.2) is 42.8 Å². The number of likely N-dealkylation sites (tertiary alicyclic amines) is 1. The van der Waals surface area contributed by atoms with Gasteiger partial charge in [0.2, 0.25) is 5.91 Å². The van der Waals surface area contributed by atoms with E-state index in [9.17, 15) is 19.8 Å². The van der Waals surface area contributed by atoms with Gasteiger partial charge in [0, 0.05) is 42.9 Å². The summed E-state index contributed by atoms with van der Waals surface area (Å²) in [7, 11) is 7.10. The van der Waals surface area contributed by atoms with Gasteiger partial charge in [-0.15, -0.1) is 0 Å². The lowest BCUT2D eigenvalue weighted by atomic mass is 9.84. The third-order valence-corrected chi connectivity index (χ3v) is 7.95. The Morgan fingerprint density at radius 2 is 1.95 bits per heavy atom. The van der Waals surface area contributed by atoms with Gasteiger partial charge in [0.05, 0.1) is 16.7 Å². The molecule has 0 saturated carbocycles. The highest BCUT2D eigenvalue weighted by molar-refractivity contribution is 6.21. The van der Waals surface area contributed by atoms with Gasteiger partial charge in [-0.1, -0.05) is 18.7 Å². The topological polar surface area (TPSA) is 147 Å². The summed E-state index contributed by atoms with van der Waals surface area (Å²) in [5.41, 5.74) is 8.87. The van der Waals surface area contributed by atoms with E-state index in [1.165, 1.54) is 6.33 Å². The number of carbonyl (C=O) groups is 2. The van der Waals surface area contributed by atoms with Gasteiger partial charge in [0.15, 0.2) is 7.85 Å². The zero-order valence-corrected chi connectivity index (χ0v) is 22.8. The van der Waals surface area contributed by atoms with Gasteiger partial charge < -0.3 is 30.7 Å². The SMILES string of the molecule is [B]C(O)(O)C(=C)C(=O)Nc1ccc(-c2c(C3=CCC(C(=O)N4CCCC4)CC3)c3c(N)ncnc3n2C)c(C)c1. The number of aromatic nitrogens is 3. The normalized spacial score (nSPS) is 17.6. The third kappa shape index (κ3) is 5.02. The molecule has 0 bridgehead atoms. The molecule has 3 heterocycles. The second-order valence-electron chi connectivity index (χ2n) is 10.7. The van der Waals surface area contributed by atoms with Crippen molar-refractivity contribution in [2.45, 2.75) is 44.7 Å². The maximum absolute atomic E-state index is 13.0. The van der Waals surface area contributed by atoms with Gasteiger partial charge in [0.1, 0.15) is 23.5 Å². The number of anilines is 2. The summed E-state index contributed by atoms with van der Waals surface area (Å²) in [6, 6.07) is 5.38. The Kier molecular flexibility index (Phi) is 7.28. The van der Waals surface area contributed by atoms with Crippen molar-refractivity contribution in [3.8, 4) is 11.3 Å². The first kappa shape index (κ1) is 27.6. The number of nitrogens with one attached hydrogen (secondary N) is 1. The van der Waals surface area contributed by atoms with Crippen molar-refractivity contribution in [1.82, 2.24) is 19.4 Å². The molecule has 11 heteroatoms. The Balaban J connectivity index is 1.52. The summed E-state index contributed by atoms with van der Waals surface area (Å²) < 4.78 is 1.99. The molecule has 5 rings (SSSR count). The van der Waals surface area contributed by atoms with Crippen molar-refractivity contribution in [3.05, 3.63) is 53.9 Å². The van der Waals surface area contributed by atoms with E-state index >= 15 is 0 Å². The van der Waals surface area contributed by atoms with E-state index in [4.69, 9.17) is 13.6 Å². The van der Waals surface area contributed by atoms with Crippen LogP contribution < -0.4 is 11.1 Å². The lowest BCUT2D eigenvalue weighted by Crippen LogP contribution is -2.36. The van der Waals surface area contributed by atoms with Gasteiger partial charge in [-0.3, -0.25) is 9.59 Å². The van der Waals surface area contributed by atoms with Crippen molar-refractivity contribution in [2.75, 3.05) is 24.1 Å². The highest BCUT2D eigenvalue weighted by atomic mass is 16.5. The fourth-order valence-electron chi connectivity index (χ4n) is 5.77. The molecule has 1 aliphatic carbocycles. The number of rotatable bonds is 6. The predicted octanol–water partition coefficient (Wildman–Crippen LogP) is 2.63.